The fourth-order valence-electron chi connectivity index (χ4n) is 3.92. The lowest BCUT2D eigenvalue weighted by molar-refractivity contribution is 0.0825. The van der Waals surface area contributed by atoms with Crippen LogP contribution < -0.4 is 11.1 Å². The van der Waals surface area contributed by atoms with E-state index in [0.717, 1.165) is 28.9 Å². The number of pyridine rings is 1. The highest BCUT2D eigenvalue weighted by Gasteiger charge is 2.39. The Morgan fingerprint density at radius 3 is 2.65 bits per heavy atom. The van der Waals surface area contributed by atoms with Crippen molar-refractivity contribution in [3.8, 4) is 11.3 Å². The molecule has 3 aromatic rings. The molecule has 162 valence electrons. The van der Waals surface area contributed by atoms with E-state index in [-0.39, 0.29) is 18.8 Å². The number of H-pyrrole nitrogens is 1. The van der Waals surface area contributed by atoms with Crippen molar-refractivity contribution < 1.29 is 17.4 Å². The van der Waals surface area contributed by atoms with Gasteiger partial charge in [-0.25, -0.2) is 4.98 Å². The van der Waals surface area contributed by atoms with Gasteiger partial charge in [0.2, 0.25) is 0 Å². The molecule has 0 fully saturated rings. The Bertz CT molecular complexity index is 1240. The van der Waals surface area contributed by atoms with Crippen LogP contribution in [-0.2, 0) is 20.7 Å². The summed E-state index contributed by atoms with van der Waals surface area (Å²) in [4.78, 5) is 20.7. The normalized spacial score (nSPS) is 18.6. The Kier molecular flexibility index (Phi) is 5.32. The second kappa shape index (κ2) is 7.82. The molecule has 0 spiro atoms. The third-order valence-electron chi connectivity index (χ3n) is 5.28. The number of hydrogen-bond donors (Lipinski definition) is 3. The highest BCUT2D eigenvalue weighted by molar-refractivity contribution is 7.85. The van der Waals surface area contributed by atoms with Crippen molar-refractivity contribution in [2.45, 2.75) is 19.8 Å². The molecule has 0 amide bonds. The third kappa shape index (κ3) is 4.62. The summed E-state index contributed by atoms with van der Waals surface area (Å²) < 4.78 is 28.0. The van der Waals surface area contributed by atoms with Crippen LogP contribution in [0.25, 0.3) is 11.3 Å². The molecular weight excluding hydrogens is 416 g/mol. The zero-order chi connectivity index (χ0) is 22.2. The third-order valence-corrected chi connectivity index (χ3v) is 5.83. The number of ketones is 1. The zero-order valence-electron chi connectivity index (χ0n) is 17.3. The number of benzene rings is 1. The summed E-state index contributed by atoms with van der Waals surface area (Å²) in [6.45, 7) is 1.79. The lowest BCUT2D eigenvalue weighted by Crippen LogP contribution is -2.34. The van der Waals surface area contributed by atoms with Crippen molar-refractivity contribution in [3.05, 3.63) is 59.9 Å². The van der Waals surface area contributed by atoms with E-state index in [1.807, 2.05) is 43.3 Å². The monoisotopic (exact) mass is 440 g/mol. The molecule has 0 saturated carbocycles. The Labute approximate surface area is 181 Å². The number of carbonyl (C=O) groups is 1. The molecule has 31 heavy (non-hydrogen) atoms. The van der Waals surface area contributed by atoms with Gasteiger partial charge >= 0.3 is 0 Å². The Morgan fingerprint density at radius 2 is 1.97 bits per heavy atom. The van der Waals surface area contributed by atoms with Gasteiger partial charge in [-0.05, 0) is 30.7 Å². The van der Waals surface area contributed by atoms with Crippen LogP contribution in [0.4, 0.5) is 17.2 Å². The lowest BCUT2D eigenvalue weighted by atomic mass is 9.75. The molecular formula is C22H24N4O4S. The summed E-state index contributed by atoms with van der Waals surface area (Å²) in [5.74, 6) is 0.289. The van der Waals surface area contributed by atoms with Gasteiger partial charge in [-0.15, -0.1) is 0 Å². The molecule has 9 heteroatoms. The fraction of sp³-hybridized carbons (Fsp3) is 0.273. The van der Waals surface area contributed by atoms with Crippen molar-refractivity contribution >= 4 is 33.1 Å². The maximum atomic E-state index is 13.2. The van der Waals surface area contributed by atoms with Crippen molar-refractivity contribution in [3.63, 3.8) is 0 Å². The topological polar surface area (TPSA) is 127 Å². The van der Waals surface area contributed by atoms with E-state index in [0.29, 0.717) is 23.5 Å². The maximum Gasteiger partial charge on any atom is 0.264 e. The number of fused-ring (bicyclic) bond motifs is 1. The molecule has 2 aromatic heterocycles. The lowest BCUT2D eigenvalue weighted by Gasteiger charge is -2.32. The quantitative estimate of drug-likeness (QED) is 0.501. The van der Waals surface area contributed by atoms with E-state index in [2.05, 4.69) is 15.3 Å². The largest absolute Gasteiger partial charge is 0.384 e. The van der Waals surface area contributed by atoms with Crippen molar-refractivity contribution in [2.75, 3.05) is 23.9 Å². The van der Waals surface area contributed by atoms with Crippen LogP contribution in [-0.4, -0.2) is 37.0 Å². The number of hydrogen-bond acceptors (Lipinski definition) is 7. The van der Waals surface area contributed by atoms with Crippen molar-refractivity contribution in [1.29, 1.82) is 0 Å². The molecule has 0 saturated heterocycles. The average molecular weight is 441 g/mol. The summed E-state index contributed by atoms with van der Waals surface area (Å²) in [6, 6.07) is 13.1. The van der Waals surface area contributed by atoms with E-state index in [1.54, 1.807) is 12.3 Å². The van der Waals surface area contributed by atoms with Crippen molar-refractivity contribution in [2.24, 2.45) is 5.41 Å². The number of anilines is 3. The van der Waals surface area contributed by atoms with Gasteiger partial charge in [0.15, 0.2) is 5.78 Å². The van der Waals surface area contributed by atoms with Crippen LogP contribution in [0.2, 0.25) is 0 Å². The average Bonchev–Trinajstić information content (AvgIpc) is 3.05. The molecule has 4 rings (SSSR count). The summed E-state index contributed by atoms with van der Waals surface area (Å²) in [6.07, 6.45) is 3.26. The van der Waals surface area contributed by atoms with E-state index >= 15 is 0 Å². The number of Topliss-reactive ketones (excluding diaryl/α,β-unsaturated/α-hetero) is 1. The van der Waals surface area contributed by atoms with Gasteiger partial charge in [0.25, 0.3) is 10.1 Å². The summed E-state index contributed by atoms with van der Waals surface area (Å²) in [5, 5.41) is 3.37. The molecule has 1 aliphatic rings. The maximum absolute atomic E-state index is 13.2. The molecule has 0 radical (unpaired) electrons. The Morgan fingerprint density at radius 1 is 1.23 bits per heavy atom. The second-order valence-corrected chi connectivity index (χ2v) is 9.89. The first-order valence-corrected chi connectivity index (χ1v) is 11.6. The number of rotatable bonds is 6. The number of aromatic nitrogens is 2. The molecule has 1 aliphatic carbocycles. The van der Waals surface area contributed by atoms with Crippen LogP contribution in [0.1, 0.15) is 29.4 Å². The summed E-state index contributed by atoms with van der Waals surface area (Å²) in [5.41, 5.74) is 9.59. The molecule has 0 bridgehead atoms. The van der Waals surface area contributed by atoms with E-state index in [4.69, 9.17) is 9.92 Å². The van der Waals surface area contributed by atoms with E-state index in [1.165, 1.54) is 0 Å². The van der Waals surface area contributed by atoms with Gasteiger partial charge in [-0.3, -0.25) is 8.98 Å². The van der Waals surface area contributed by atoms with E-state index < -0.39 is 15.5 Å². The molecule has 8 nitrogen and oxygen atoms in total. The number of para-hydroxylation sites is 1. The van der Waals surface area contributed by atoms with E-state index in [9.17, 15) is 13.2 Å². The number of nitrogens with one attached hydrogen (secondary N) is 2. The molecule has 1 unspecified atom stereocenters. The summed E-state index contributed by atoms with van der Waals surface area (Å²) >= 11 is 0. The highest BCUT2D eigenvalue weighted by Crippen LogP contribution is 2.43. The standard InChI is InChI=1S/C22H24N4O4S/c1-22(13-30-31(2,28)29)11-16-19(17(27)12-22)21(25-15-6-4-3-5-7-15)20(26-16)14-8-9-24-18(23)10-14/h3-10,25-26H,11-13H2,1-2H3,(H2,23,24). The molecule has 4 N–H and O–H groups in total. The minimum atomic E-state index is -3.60. The Hall–Kier alpha value is -3.17. The first-order chi connectivity index (χ1) is 14.6. The number of nitrogens with zero attached hydrogens (tertiary/aromatic N) is 1. The summed E-state index contributed by atoms with van der Waals surface area (Å²) in [7, 11) is -3.60. The zero-order valence-corrected chi connectivity index (χ0v) is 18.1. The SMILES string of the molecule is CC1(COS(C)(=O)=O)CC(=O)c2c([nH]c(-c3ccnc(N)c3)c2Nc2ccccc2)C1. The first-order valence-electron chi connectivity index (χ1n) is 9.80. The van der Waals surface area contributed by atoms with Crippen LogP contribution in [0, 0.1) is 5.41 Å². The highest BCUT2D eigenvalue weighted by atomic mass is 32.2. The molecule has 2 heterocycles. The predicted molar refractivity (Wildman–Crippen MR) is 120 cm³/mol. The fourth-order valence-corrected chi connectivity index (χ4v) is 4.42. The molecule has 0 aliphatic heterocycles. The number of nitrogens with two attached hydrogens (primary N) is 1. The van der Waals surface area contributed by atoms with Gasteiger partial charge < -0.3 is 16.0 Å². The van der Waals surface area contributed by atoms with Crippen molar-refractivity contribution in [1.82, 2.24) is 9.97 Å². The Balaban J connectivity index is 1.79. The van der Waals surface area contributed by atoms with Crippen LogP contribution in [0.3, 0.4) is 0 Å². The minimum Gasteiger partial charge on any atom is -0.384 e. The number of aromatic amines is 1. The van der Waals surface area contributed by atoms with Gasteiger partial charge in [0.05, 0.1) is 29.8 Å². The smallest absolute Gasteiger partial charge is 0.264 e. The minimum absolute atomic E-state index is 0.0605. The second-order valence-electron chi connectivity index (χ2n) is 8.24. The van der Waals surface area contributed by atoms with Gasteiger partial charge in [-0.1, -0.05) is 25.1 Å². The number of nitrogen functional groups attached to an aromatic ring is 1. The van der Waals surface area contributed by atoms with Crippen LogP contribution in [0.5, 0.6) is 0 Å². The van der Waals surface area contributed by atoms with Gasteiger partial charge in [0.1, 0.15) is 5.82 Å². The number of carbonyl (C=O) groups excluding carboxylic acids is 1. The molecule has 1 atom stereocenters. The predicted octanol–water partition coefficient (Wildman–Crippen LogP) is 3.51. The van der Waals surface area contributed by atoms with Gasteiger partial charge in [-0.2, -0.15) is 8.42 Å². The van der Waals surface area contributed by atoms with Gasteiger partial charge in [0, 0.05) is 35.0 Å². The molecule has 1 aromatic carbocycles. The van der Waals surface area contributed by atoms with Crippen LogP contribution in [0.15, 0.2) is 48.7 Å². The first kappa shape index (κ1) is 21.1. The van der Waals surface area contributed by atoms with Crippen LogP contribution >= 0.6 is 0 Å².